The molecule has 0 fully saturated rings. The zero-order valence-electron chi connectivity index (χ0n) is 17.0. The second-order valence-corrected chi connectivity index (χ2v) is 9.08. The van der Waals surface area contributed by atoms with Crippen LogP contribution in [0.2, 0.25) is 0 Å². The number of nitrogens with two attached hydrogens (primary N) is 1. The number of benzene rings is 1. The van der Waals surface area contributed by atoms with E-state index in [4.69, 9.17) is 10.7 Å². The maximum Gasteiger partial charge on any atom is 0.165 e. The van der Waals surface area contributed by atoms with Crippen LogP contribution in [0.25, 0.3) is 32.7 Å². The highest BCUT2D eigenvalue weighted by Gasteiger charge is 2.18. The van der Waals surface area contributed by atoms with Gasteiger partial charge < -0.3 is 11.1 Å². The van der Waals surface area contributed by atoms with E-state index < -0.39 is 5.82 Å². The van der Waals surface area contributed by atoms with Crippen LogP contribution in [0.3, 0.4) is 0 Å². The summed E-state index contributed by atoms with van der Waals surface area (Å²) < 4.78 is 15.4. The molecule has 0 aliphatic carbocycles. The number of thiophene rings is 2. The number of aromatic nitrogens is 3. The van der Waals surface area contributed by atoms with Crippen molar-refractivity contribution in [2.45, 2.75) is 12.5 Å². The molecular weight excluding hydrogens is 441 g/mol. The zero-order chi connectivity index (χ0) is 21.9. The predicted molar refractivity (Wildman–Crippen MR) is 131 cm³/mol. The van der Waals surface area contributed by atoms with Gasteiger partial charge in [-0.2, -0.15) is 11.3 Å². The lowest BCUT2D eigenvalue weighted by Crippen LogP contribution is -2.31. The molecule has 4 heterocycles. The first-order chi connectivity index (χ1) is 15.7. The van der Waals surface area contributed by atoms with Crippen LogP contribution in [0.15, 0.2) is 71.0 Å². The molecule has 0 aliphatic rings. The minimum atomic E-state index is -0.453. The molecule has 0 amide bonds. The van der Waals surface area contributed by atoms with Gasteiger partial charge in [0.1, 0.15) is 5.82 Å². The van der Waals surface area contributed by atoms with Gasteiger partial charge in [0, 0.05) is 29.7 Å². The highest BCUT2D eigenvalue weighted by atomic mass is 32.1. The Kier molecular flexibility index (Phi) is 5.89. The normalized spacial score (nSPS) is 12.2. The summed E-state index contributed by atoms with van der Waals surface area (Å²) in [7, 11) is 0. The van der Waals surface area contributed by atoms with Crippen LogP contribution in [0.4, 0.5) is 10.2 Å². The minimum absolute atomic E-state index is 0.0974. The van der Waals surface area contributed by atoms with Gasteiger partial charge in [-0.1, -0.05) is 30.3 Å². The van der Waals surface area contributed by atoms with Crippen LogP contribution < -0.4 is 11.1 Å². The number of nitrogens with one attached hydrogen (secondary N) is 1. The number of nitrogens with zero attached hydrogens (tertiary/aromatic N) is 3. The largest absolute Gasteiger partial charge is 0.367 e. The molecule has 1 aromatic carbocycles. The number of fused-ring (bicyclic) bond motifs is 1. The van der Waals surface area contributed by atoms with Crippen LogP contribution in [0.5, 0.6) is 0 Å². The third kappa shape index (κ3) is 4.25. The van der Waals surface area contributed by atoms with E-state index in [1.165, 1.54) is 11.8 Å². The van der Waals surface area contributed by atoms with E-state index >= 15 is 0 Å². The molecule has 5 aromatic rings. The number of hydrogen-bond donors (Lipinski definition) is 2. The summed E-state index contributed by atoms with van der Waals surface area (Å²) >= 11 is 3.20. The Bertz CT molecular complexity index is 1340. The monoisotopic (exact) mass is 461 g/mol. The average Bonchev–Trinajstić information content (AvgIpc) is 3.48. The maximum absolute atomic E-state index is 14.5. The van der Waals surface area contributed by atoms with Crippen LogP contribution in [0.1, 0.15) is 5.56 Å². The van der Waals surface area contributed by atoms with E-state index in [1.807, 2.05) is 23.6 Å². The summed E-state index contributed by atoms with van der Waals surface area (Å²) in [6.45, 7) is 0.533. The van der Waals surface area contributed by atoms with Gasteiger partial charge in [-0.05, 0) is 40.4 Å². The average molecular weight is 462 g/mol. The maximum atomic E-state index is 14.5. The molecule has 4 aromatic heterocycles. The molecule has 0 unspecified atom stereocenters. The summed E-state index contributed by atoms with van der Waals surface area (Å²) in [5.74, 6) is 0.536. The van der Waals surface area contributed by atoms with Crippen molar-refractivity contribution in [2.24, 2.45) is 5.73 Å². The minimum Gasteiger partial charge on any atom is -0.367 e. The molecule has 1 atom stereocenters. The lowest BCUT2D eigenvalue weighted by atomic mass is 10.1. The van der Waals surface area contributed by atoms with Crippen molar-refractivity contribution in [1.82, 2.24) is 15.0 Å². The SMILES string of the molecule is N[C@H](CNc1nc(-c2ccncc2F)nc2c(-c3ccsc3)csc12)Cc1ccccc1. The Morgan fingerprint density at radius 1 is 1.03 bits per heavy atom. The molecular formula is C24H20FN5S2. The summed E-state index contributed by atoms with van der Waals surface area (Å²) in [6.07, 6.45) is 3.47. The van der Waals surface area contributed by atoms with E-state index in [0.29, 0.717) is 23.8 Å². The first-order valence-corrected chi connectivity index (χ1v) is 12.0. The smallest absolute Gasteiger partial charge is 0.165 e. The summed E-state index contributed by atoms with van der Waals surface area (Å²) in [6, 6.07) is 13.7. The summed E-state index contributed by atoms with van der Waals surface area (Å²) in [5.41, 5.74) is 10.8. The number of rotatable bonds is 7. The highest BCUT2D eigenvalue weighted by Crippen LogP contribution is 2.38. The third-order valence-electron chi connectivity index (χ3n) is 5.13. The molecule has 5 rings (SSSR count). The molecule has 0 bridgehead atoms. The summed E-state index contributed by atoms with van der Waals surface area (Å²) in [4.78, 5) is 13.3. The zero-order valence-corrected chi connectivity index (χ0v) is 18.7. The fraction of sp³-hybridized carbons (Fsp3) is 0.125. The molecule has 8 heteroatoms. The van der Waals surface area contributed by atoms with Gasteiger partial charge in [-0.3, -0.25) is 4.98 Å². The number of pyridine rings is 1. The Labute approximate surface area is 192 Å². The van der Waals surface area contributed by atoms with Crippen molar-refractivity contribution in [3.8, 4) is 22.5 Å². The van der Waals surface area contributed by atoms with Crippen LogP contribution in [0, 0.1) is 5.82 Å². The second kappa shape index (κ2) is 9.12. The van der Waals surface area contributed by atoms with Crippen molar-refractivity contribution in [2.75, 3.05) is 11.9 Å². The Hall–Kier alpha value is -3.20. The van der Waals surface area contributed by atoms with Crippen molar-refractivity contribution in [3.05, 3.63) is 82.4 Å². The van der Waals surface area contributed by atoms with Crippen molar-refractivity contribution >= 4 is 38.7 Å². The van der Waals surface area contributed by atoms with Crippen molar-refractivity contribution < 1.29 is 4.39 Å². The molecule has 0 aliphatic heterocycles. The number of hydrogen-bond acceptors (Lipinski definition) is 7. The van der Waals surface area contributed by atoms with Crippen molar-refractivity contribution in [1.29, 1.82) is 0 Å². The molecule has 160 valence electrons. The van der Waals surface area contributed by atoms with E-state index in [1.54, 1.807) is 34.9 Å². The van der Waals surface area contributed by atoms with Crippen LogP contribution >= 0.6 is 22.7 Å². The number of anilines is 1. The van der Waals surface area contributed by atoms with Crippen molar-refractivity contribution in [3.63, 3.8) is 0 Å². The number of halogens is 1. The molecule has 5 nitrogen and oxygen atoms in total. The molecule has 0 saturated heterocycles. The molecule has 0 saturated carbocycles. The van der Waals surface area contributed by atoms with Gasteiger partial charge in [-0.15, -0.1) is 11.3 Å². The van der Waals surface area contributed by atoms with E-state index in [-0.39, 0.29) is 6.04 Å². The van der Waals surface area contributed by atoms with Gasteiger partial charge in [0.2, 0.25) is 0 Å². The summed E-state index contributed by atoms with van der Waals surface area (Å²) in [5, 5.41) is 9.58. The molecule has 32 heavy (non-hydrogen) atoms. The predicted octanol–water partition coefficient (Wildman–Crippen LogP) is 5.60. The fourth-order valence-electron chi connectivity index (χ4n) is 3.55. The fourth-order valence-corrected chi connectivity index (χ4v) is 5.19. The van der Waals surface area contributed by atoms with Gasteiger partial charge in [-0.25, -0.2) is 14.4 Å². The molecule has 3 N–H and O–H groups in total. The topological polar surface area (TPSA) is 76.7 Å². The van der Waals surface area contributed by atoms with E-state index in [9.17, 15) is 4.39 Å². The molecule has 0 spiro atoms. The Balaban J connectivity index is 1.51. The standard InChI is InChI=1S/C24H20FN5S2/c25-20-12-27-8-6-18(20)23-29-21-19(16-7-9-31-13-16)14-32-22(21)24(30-23)28-11-17(26)10-15-4-2-1-3-5-15/h1-9,12-14,17H,10-11,26H2,(H,28,29,30)/t17-/m0/s1. The third-order valence-corrected chi connectivity index (χ3v) is 6.79. The van der Waals surface area contributed by atoms with Gasteiger partial charge in [0.25, 0.3) is 0 Å². The Morgan fingerprint density at radius 2 is 1.91 bits per heavy atom. The highest BCUT2D eigenvalue weighted by molar-refractivity contribution is 7.18. The first kappa shape index (κ1) is 20.7. The lowest BCUT2D eigenvalue weighted by molar-refractivity contribution is 0.623. The van der Waals surface area contributed by atoms with E-state index in [2.05, 4.69) is 44.2 Å². The van der Waals surface area contributed by atoms with Gasteiger partial charge >= 0.3 is 0 Å². The van der Waals surface area contributed by atoms with E-state index in [0.717, 1.165) is 27.8 Å². The van der Waals surface area contributed by atoms with Crippen LogP contribution in [-0.2, 0) is 6.42 Å². The second-order valence-electron chi connectivity index (χ2n) is 7.42. The van der Waals surface area contributed by atoms with Gasteiger partial charge in [0.05, 0.1) is 22.0 Å². The quantitative estimate of drug-likeness (QED) is 0.330. The first-order valence-electron chi connectivity index (χ1n) is 10.1. The van der Waals surface area contributed by atoms with Crippen LogP contribution in [-0.4, -0.2) is 27.5 Å². The molecule has 0 radical (unpaired) electrons. The lowest BCUT2D eigenvalue weighted by Gasteiger charge is -2.15. The Morgan fingerprint density at radius 3 is 2.69 bits per heavy atom. The van der Waals surface area contributed by atoms with Gasteiger partial charge in [0.15, 0.2) is 11.6 Å².